The van der Waals surface area contributed by atoms with E-state index in [9.17, 15) is 19.5 Å². The Labute approximate surface area is 124 Å². The van der Waals surface area contributed by atoms with Crippen LogP contribution < -0.4 is 5.19 Å². The summed E-state index contributed by atoms with van der Waals surface area (Å²) < 4.78 is 1.02. The molecule has 0 aliphatic heterocycles. The van der Waals surface area contributed by atoms with E-state index in [1.54, 1.807) is 51.2 Å². The summed E-state index contributed by atoms with van der Waals surface area (Å²) in [6.45, 7) is 7.00. The molecule has 0 fully saturated rings. The van der Waals surface area contributed by atoms with Crippen LogP contribution in [-0.2, 0) is 0 Å². The van der Waals surface area contributed by atoms with Crippen LogP contribution in [0.4, 0.5) is 4.79 Å². The number of carbonyl (C=O) groups excluding carboxylic acids is 1. The second kappa shape index (κ2) is 5.12. The number of carbonyl (C=O) groups is 2. The van der Waals surface area contributed by atoms with Crippen molar-refractivity contribution in [3.63, 3.8) is 0 Å². The SMILES string of the molecule is CC(C)C(=O)c1cc2c([Si](C)(C)O)cccc2n1C(=O)O. The summed E-state index contributed by atoms with van der Waals surface area (Å²) in [5.41, 5.74) is 0.594. The highest BCUT2D eigenvalue weighted by molar-refractivity contribution is 6.85. The van der Waals surface area contributed by atoms with Gasteiger partial charge in [0, 0.05) is 11.3 Å². The Morgan fingerprint density at radius 1 is 1.24 bits per heavy atom. The van der Waals surface area contributed by atoms with Crippen molar-refractivity contribution in [1.82, 2.24) is 4.57 Å². The van der Waals surface area contributed by atoms with Crippen molar-refractivity contribution < 1.29 is 19.5 Å². The standard InChI is InChI=1S/C15H19NO4Si/c1-9(2)14(17)12-8-10-11(16(12)15(18)19)6-5-7-13(10)21(3,4)20/h5-9,20H,1-4H3,(H,18,19). The Bertz CT molecular complexity index is 725. The number of Topliss-reactive ketones (excluding diaryl/α,β-unsaturated/α-hetero) is 1. The van der Waals surface area contributed by atoms with Crippen LogP contribution in [-0.4, -0.2) is 34.7 Å². The molecule has 1 aromatic carbocycles. The van der Waals surface area contributed by atoms with Crippen molar-refractivity contribution in [3.8, 4) is 0 Å². The summed E-state index contributed by atoms with van der Waals surface area (Å²) >= 11 is 0. The lowest BCUT2D eigenvalue weighted by atomic mass is 10.1. The van der Waals surface area contributed by atoms with E-state index < -0.39 is 14.4 Å². The lowest BCUT2D eigenvalue weighted by Crippen LogP contribution is -2.41. The Morgan fingerprint density at radius 3 is 2.33 bits per heavy atom. The van der Waals surface area contributed by atoms with Crippen LogP contribution in [0.2, 0.25) is 13.1 Å². The minimum absolute atomic E-state index is 0.151. The van der Waals surface area contributed by atoms with Crippen molar-refractivity contribution in [2.75, 3.05) is 0 Å². The fourth-order valence-electron chi connectivity index (χ4n) is 2.45. The van der Waals surface area contributed by atoms with Crippen LogP contribution in [0.3, 0.4) is 0 Å². The number of carboxylic acid groups (broad SMARTS) is 1. The molecule has 0 amide bonds. The molecule has 21 heavy (non-hydrogen) atoms. The number of hydrogen-bond acceptors (Lipinski definition) is 3. The summed E-state index contributed by atoms with van der Waals surface area (Å²) in [4.78, 5) is 34.2. The first-order valence-electron chi connectivity index (χ1n) is 6.79. The highest BCUT2D eigenvalue weighted by atomic mass is 28.4. The number of aromatic nitrogens is 1. The number of hydrogen-bond donors (Lipinski definition) is 2. The summed E-state index contributed by atoms with van der Waals surface area (Å²) in [5.74, 6) is -0.521. The molecule has 0 radical (unpaired) electrons. The first-order chi connectivity index (χ1) is 9.64. The first-order valence-corrected chi connectivity index (χ1v) is 9.74. The van der Waals surface area contributed by atoms with Crippen molar-refractivity contribution in [1.29, 1.82) is 0 Å². The molecule has 2 N–H and O–H groups in total. The van der Waals surface area contributed by atoms with Gasteiger partial charge in [0.25, 0.3) is 0 Å². The lowest BCUT2D eigenvalue weighted by Gasteiger charge is -2.15. The highest BCUT2D eigenvalue weighted by Gasteiger charge is 2.28. The molecule has 0 spiro atoms. The largest absolute Gasteiger partial charge is 0.464 e. The molecule has 1 aromatic heterocycles. The molecule has 0 bridgehead atoms. The smallest absolute Gasteiger partial charge is 0.416 e. The lowest BCUT2D eigenvalue weighted by molar-refractivity contribution is 0.0929. The topological polar surface area (TPSA) is 79.5 Å². The molecule has 6 heteroatoms. The van der Waals surface area contributed by atoms with Gasteiger partial charge in [-0.05, 0) is 30.4 Å². The Kier molecular flexibility index (Phi) is 3.77. The Balaban J connectivity index is 2.86. The summed E-state index contributed by atoms with van der Waals surface area (Å²) in [5, 5.41) is 10.8. The van der Waals surface area contributed by atoms with E-state index in [1.807, 2.05) is 0 Å². The van der Waals surface area contributed by atoms with Crippen molar-refractivity contribution in [2.45, 2.75) is 26.9 Å². The van der Waals surface area contributed by atoms with Gasteiger partial charge in [-0.25, -0.2) is 9.36 Å². The van der Waals surface area contributed by atoms with Gasteiger partial charge in [0.15, 0.2) is 5.78 Å². The maximum absolute atomic E-state index is 12.3. The first kappa shape index (κ1) is 15.5. The molecule has 112 valence electrons. The zero-order chi connectivity index (χ0) is 15.9. The van der Waals surface area contributed by atoms with E-state index in [1.165, 1.54) is 0 Å². The quantitative estimate of drug-likeness (QED) is 0.674. The van der Waals surface area contributed by atoms with Gasteiger partial charge < -0.3 is 9.90 Å². The predicted octanol–water partition coefficient (Wildman–Crippen LogP) is 2.41. The van der Waals surface area contributed by atoms with Gasteiger partial charge in [-0.1, -0.05) is 26.0 Å². The van der Waals surface area contributed by atoms with Gasteiger partial charge in [-0.3, -0.25) is 4.79 Å². The average molecular weight is 305 g/mol. The number of ketones is 1. The van der Waals surface area contributed by atoms with Crippen LogP contribution in [0.5, 0.6) is 0 Å². The monoisotopic (exact) mass is 305 g/mol. The van der Waals surface area contributed by atoms with Crippen LogP contribution in [0.25, 0.3) is 10.9 Å². The van der Waals surface area contributed by atoms with E-state index in [-0.39, 0.29) is 17.4 Å². The fourth-order valence-corrected chi connectivity index (χ4v) is 3.81. The van der Waals surface area contributed by atoms with E-state index in [2.05, 4.69) is 0 Å². The Hall–Kier alpha value is -1.92. The molecule has 2 rings (SSSR count). The molecule has 0 aliphatic rings. The molecule has 1 heterocycles. The van der Waals surface area contributed by atoms with Crippen LogP contribution in [0.15, 0.2) is 24.3 Å². The second-order valence-corrected chi connectivity index (χ2v) is 9.62. The van der Waals surface area contributed by atoms with E-state index in [4.69, 9.17) is 0 Å². The molecule has 5 nitrogen and oxygen atoms in total. The van der Waals surface area contributed by atoms with Crippen molar-refractivity contribution in [3.05, 3.63) is 30.0 Å². The number of benzene rings is 1. The van der Waals surface area contributed by atoms with Gasteiger partial charge in [0.2, 0.25) is 8.32 Å². The maximum atomic E-state index is 12.3. The zero-order valence-corrected chi connectivity index (χ0v) is 13.5. The fraction of sp³-hybridized carbons (Fsp3) is 0.333. The molecular weight excluding hydrogens is 286 g/mol. The maximum Gasteiger partial charge on any atom is 0.416 e. The summed E-state index contributed by atoms with van der Waals surface area (Å²) in [7, 11) is -2.62. The third-order valence-corrected chi connectivity index (χ3v) is 5.23. The number of rotatable bonds is 3. The van der Waals surface area contributed by atoms with E-state index in [0.717, 1.165) is 9.75 Å². The van der Waals surface area contributed by atoms with E-state index in [0.29, 0.717) is 10.9 Å². The highest BCUT2D eigenvalue weighted by Crippen LogP contribution is 2.22. The third-order valence-electron chi connectivity index (χ3n) is 3.47. The summed E-state index contributed by atoms with van der Waals surface area (Å²) in [6.07, 6.45) is -1.19. The van der Waals surface area contributed by atoms with Gasteiger partial charge in [0.1, 0.15) is 0 Å². The van der Waals surface area contributed by atoms with Gasteiger partial charge in [-0.2, -0.15) is 0 Å². The molecule has 0 atom stereocenters. The van der Waals surface area contributed by atoms with Crippen LogP contribution >= 0.6 is 0 Å². The van der Waals surface area contributed by atoms with Gasteiger partial charge >= 0.3 is 6.09 Å². The predicted molar refractivity (Wildman–Crippen MR) is 83.9 cm³/mol. The minimum atomic E-state index is -2.62. The summed E-state index contributed by atoms with van der Waals surface area (Å²) in [6, 6.07) is 6.76. The van der Waals surface area contributed by atoms with Crippen LogP contribution in [0, 0.1) is 5.92 Å². The second-order valence-electron chi connectivity index (χ2n) is 5.96. The molecule has 0 saturated heterocycles. The van der Waals surface area contributed by atoms with Crippen molar-refractivity contribution in [2.24, 2.45) is 5.92 Å². The molecule has 0 unspecified atom stereocenters. The average Bonchev–Trinajstić information content (AvgIpc) is 2.74. The van der Waals surface area contributed by atoms with Gasteiger partial charge in [0.05, 0.1) is 11.2 Å². The third kappa shape index (κ3) is 2.64. The minimum Gasteiger partial charge on any atom is -0.464 e. The number of nitrogens with zero attached hydrogens (tertiary/aromatic N) is 1. The van der Waals surface area contributed by atoms with Crippen LogP contribution in [0.1, 0.15) is 24.3 Å². The van der Waals surface area contributed by atoms with E-state index >= 15 is 0 Å². The zero-order valence-electron chi connectivity index (χ0n) is 12.5. The van der Waals surface area contributed by atoms with Crippen molar-refractivity contribution >= 4 is 36.3 Å². The van der Waals surface area contributed by atoms with Gasteiger partial charge in [-0.15, -0.1) is 0 Å². The molecule has 0 aliphatic carbocycles. The molecular formula is C15H19NO4Si. The normalized spacial score (nSPS) is 12.1. The molecule has 0 saturated carbocycles. The molecule has 2 aromatic rings. The number of fused-ring (bicyclic) bond motifs is 1. The Morgan fingerprint density at radius 2 is 1.86 bits per heavy atom.